The third kappa shape index (κ3) is 2.32. The number of benzene rings is 2. The Balaban J connectivity index is 2.15. The van der Waals surface area contributed by atoms with Gasteiger partial charge in [-0.1, -0.05) is 30.3 Å². The van der Waals surface area contributed by atoms with Gasteiger partial charge in [0, 0.05) is 17.7 Å². The molecule has 19 heavy (non-hydrogen) atoms. The normalized spacial score (nSPS) is 16.5. The molecule has 4 nitrogen and oxygen atoms in total. The molecule has 0 saturated heterocycles. The molecular weight excluding hydrogens is 269 g/mol. The molecule has 1 aliphatic rings. The van der Waals surface area contributed by atoms with Crippen LogP contribution in [0.25, 0.3) is 11.1 Å². The van der Waals surface area contributed by atoms with Gasteiger partial charge in [-0.15, -0.1) is 0 Å². The van der Waals surface area contributed by atoms with Gasteiger partial charge in [-0.25, -0.2) is 4.39 Å². The summed E-state index contributed by atoms with van der Waals surface area (Å²) in [6.45, 7) is 0.187. The SMILES string of the molecule is O=S1(=O)NCc2cccc(-c3ccc(F)cc3)c2O1. The van der Waals surface area contributed by atoms with Crippen LogP contribution in [0.1, 0.15) is 5.56 Å². The summed E-state index contributed by atoms with van der Waals surface area (Å²) in [4.78, 5) is 0. The van der Waals surface area contributed by atoms with Crippen LogP contribution in [0.5, 0.6) is 5.75 Å². The lowest BCUT2D eigenvalue weighted by molar-refractivity contribution is 0.454. The minimum Gasteiger partial charge on any atom is -0.370 e. The summed E-state index contributed by atoms with van der Waals surface area (Å²) in [6, 6.07) is 11.2. The van der Waals surface area contributed by atoms with Crippen molar-refractivity contribution in [3.05, 3.63) is 53.8 Å². The smallest absolute Gasteiger partial charge is 0.370 e. The topological polar surface area (TPSA) is 55.4 Å². The van der Waals surface area contributed by atoms with Gasteiger partial charge >= 0.3 is 10.3 Å². The largest absolute Gasteiger partial charge is 0.382 e. The van der Waals surface area contributed by atoms with Gasteiger partial charge in [0.2, 0.25) is 0 Å². The number of fused-ring (bicyclic) bond motifs is 1. The van der Waals surface area contributed by atoms with Crippen LogP contribution in [0.15, 0.2) is 42.5 Å². The molecule has 6 heteroatoms. The van der Waals surface area contributed by atoms with E-state index in [0.29, 0.717) is 16.9 Å². The predicted molar refractivity (Wildman–Crippen MR) is 68.2 cm³/mol. The van der Waals surface area contributed by atoms with Crippen molar-refractivity contribution in [2.75, 3.05) is 0 Å². The van der Waals surface area contributed by atoms with E-state index in [1.165, 1.54) is 12.1 Å². The summed E-state index contributed by atoms with van der Waals surface area (Å²) in [5.74, 6) is -0.0448. The molecule has 0 aliphatic carbocycles. The van der Waals surface area contributed by atoms with Crippen molar-refractivity contribution in [2.24, 2.45) is 0 Å². The lowest BCUT2D eigenvalue weighted by Crippen LogP contribution is -2.32. The van der Waals surface area contributed by atoms with Crippen LogP contribution < -0.4 is 8.91 Å². The number of halogens is 1. The van der Waals surface area contributed by atoms with Crippen LogP contribution in [0, 0.1) is 5.82 Å². The van der Waals surface area contributed by atoms with Crippen LogP contribution >= 0.6 is 0 Å². The van der Waals surface area contributed by atoms with Crippen molar-refractivity contribution in [1.29, 1.82) is 0 Å². The Labute approximate surface area is 110 Å². The third-order valence-corrected chi connectivity index (χ3v) is 3.77. The van der Waals surface area contributed by atoms with Gasteiger partial charge in [0.1, 0.15) is 5.82 Å². The van der Waals surface area contributed by atoms with E-state index >= 15 is 0 Å². The zero-order chi connectivity index (χ0) is 13.5. The molecular formula is C13H10FNO3S. The molecule has 1 N–H and O–H groups in total. The van der Waals surface area contributed by atoms with E-state index in [0.717, 1.165) is 5.56 Å². The maximum Gasteiger partial charge on any atom is 0.382 e. The van der Waals surface area contributed by atoms with Crippen molar-refractivity contribution >= 4 is 10.3 Å². The molecule has 3 rings (SSSR count). The van der Waals surface area contributed by atoms with Crippen molar-refractivity contribution in [1.82, 2.24) is 4.72 Å². The second-order valence-corrected chi connectivity index (χ2v) is 5.52. The summed E-state index contributed by atoms with van der Waals surface area (Å²) in [5, 5.41) is 0. The molecule has 0 bridgehead atoms. The molecule has 0 unspecified atom stereocenters. The molecule has 0 spiro atoms. The monoisotopic (exact) mass is 279 g/mol. The van der Waals surface area contributed by atoms with Crippen LogP contribution in [0.4, 0.5) is 4.39 Å². The fourth-order valence-corrected chi connectivity index (χ4v) is 2.79. The Morgan fingerprint density at radius 1 is 1.11 bits per heavy atom. The first kappa shape index (κ1) is 12.1. The fraction of sp³-hybridized carbons (Fsp3) is 0.0769. The summed E-state index contributed by atoms with van der Waals surface area (Å²) in [7, 11) is -3.76. The van der Waals surface area contributed by atoms with Crippen LogP contribution in [-0.2, 0) is 16.8 Å². The Morgan fingerprint density at radius 2 is 1.84 bits per heavy atom. The number of hydrogen-bond donors (Lipinski definition) is 1. The first-order valence-electron chi connectivity index (χ1n) is 5.62. The summed E-state index contributed by atoms with van der Waals surface area (Å²) < 4.78 is 43.1. The van der Waals surface area contributed by atoms with E-state index in [2.05, 4.69) is 4.72 Å². The van der Waals surface area contributed by atoms with Gasteiger partial charge in [0.25, 0.3) is 0 Å². The number of hydrogen-bond acceptors (Lipinski definition) is 3. The standard InChI is InChI=1S/C13H10FNO3S/c14-11-6-4-9(5-7-11)12-3-1-2-10-8-15-19(16,17)18-13(10)12/h1-7,15H,8H2. The van der Waals surface area contributed by atoms with Gasteiger partial charge in [-0.05, 0) is 17.7 Å². The molecule has 98 valence electrons. The summed E-state index contributed by atoms with van der Waals surface area (Å²) in [6.07, 6.45) is 0. The minimum absolute atomic E-state index is 0.187. The van der Waals surface area contributed by atoms with E-state index in [4.69, 9.17) is 4.18 Å². The zero-order valence-electron chi connectivity index (χ0n) is 9.76. The number of nitrogens with one attached hydrogen (secondary N) is 1. The molecule has 1 heterocycles. The maximum atomic E-state index is 12.9. The van der Waals surface area contributed by atoms with E-state index in [-0.39, 0.29) is 12.4 Å². The van der Waals surface area contributed by atoms with E-state index in [1.54, 1.807) is 30.3 Å². The summed E-state index contributed by atoms with van der Waals surface area (Å²) >= 11 is 0. The molecule has 0 atom stereocenters. The van der Waals surface area contributed by atoms with Gasteiger partial charge in [0.05, 0.1) is 0 Å². The Hall–Kier alpha value is -1.92. The molecule has 1 aliphatic heterocycles. The fourth-order valence-electron chi connectivity index (χ4n) is 1.98. The van der Waals surface area contributed by atoms with Crippen molar-refractivity contribution in [2.45, 2.75) is 6.54 Å². The Morgan fingerprint density at radius 3 is 2.58 bits per heavy atom. The van der Waals surface area contributed by atoms with E-state index in [1.807, 2.05) is 0 Å². The van der Waals surface area contributed by atoms with Gasteiger partial charge < -0.3 is 4.18 Å². The van der Waals surface area contributed by atoms with Crippen LogP contribution in [0.2, 0.25) is 0 Å². The van der Waals surface area contributed by atoms with Crippen molar-refractivity contribution < 1.29 is 17.0 Å². The molecule has 0 amide bonds. The quantitative estimate of drug-likeness (QED) is 0.870. The Kier molecular flexibility index (Phi) is 2.76. The highest BCUT2D eigenvalue weighted by Gasteiger charge is 2.24. The highest BCUT2D eigenvalue weighted by Crippen LogP contribution is 2.35. The molecule has 0 fully saturated rings. The number of rotatable bonds is 1. The van der Waals surface area contributed by atoms with Crippen molar-refractivity contribution in [3.8, 4) is 16.9 Å². The molecule has 0 radical (unpaired) electrons. The van der Waals surface area contributed by atoms with Crippen LogP contribution in [-0.4, -0.2) is 8.42 Å². The average Bonchev–Trinajstić information content (AvgIpc) is 2.38. The highest BCUT2D eigenvalue weighted by molar-refractivity contribution is 7.85. The second-order valence-electron chi connectivity index (χ2n) is 4.16. The lowest BCUT2D eigenvalue weighted by atomic mass is 10.0. The van der Waals surface area contributed by atoms with E-state index in [9.17, 15) is 12.8 Å². The highest BCUT2D eigenvalue weighted by atomic mass is 32.2. The first-order valence-corrected chi connectivity index (χ1v) is 7.03. The minimum atomic E-state index is -3.76. The Bertz CT molecular complexity index is 726. The average molecular weight is 279 g/mol. The third-order valence-electron chi connectivity index (χ3n) is 2.88. The number of para-hydroxylation sites is 1. The molecule has 2 aromatic rings. The maximum absolute atomic E-state index is 12.9. The second kappa shape index (κ2) is 4.32. The molecule has 0 aromatic heterocycles. The van der Waals surface area contributed by atoms with E-state index < -0.39 is 10.3 Å². The lowest BCUT2D eigenvalue weighted by Gasteiger charge is -2.20. The molecule has 2 aromatic carbocycles. The van der Waals surface area contributed by atoms with Crippen molar-refractivity contribution in [3.63, 3.8) is 0 Å². The van der Waals surface area contributed by atoms with Gasteiger partial charge in [-0.3, -0.25) is 0 Å². The predicted octanol–water partition coefficient (Wildman–Crippen LogP) is 2.22. The first-order chi connectivity index (χ1) is 9.05. The summed E-state index contributed by atoms with van der Waals surface area (Å²) in [5.41, 5.74) is 2.08. The van der Waals surface area contributed by atoms with Gasteiger partial charge in [0.15, 0.2) is 5.75 Å². The molecule has 0 saturated carbocycles. The zero-order valence-corrected chi connectivity index (χ0v) is 10.6. The van der Waals surface area contributed by atoms with Gasteiger partial charge in [-0.2, -0.15) is 13.1 Å². The van der Waals surface area contributed by atoms with Crippen LogP contribution in [0.3, 0.4) is 0 Å².